The third kappa shape index (κ3) is 4.26. The van der Waals surface area contributed by atoms with Crippen LogP contribution in [0.3, 0.4) is 0 Å². The Bertz CT molecular complexity index is 1090. The van der Waals surface area contributed by atoms with E-state index in [1.54, 1.807) is 6.92 Å². The number of carbonyl (C=O) groups excluding carboxylic acids is 2. The molecule has 1 unspecified atom stereocenters. The molecule has 31 heavy (non-hydrogen) atoms. The SMILES string of the molecule is CC(NC(=O)[C@H]1C[C@@H]1c1nc2ccccc2[nH]1)C(=O)N(C)c1ccc(C(F)(F)F)cc1. The summed E-state index contributed by atoms with van der Waals surface area (Å²) >= 11 is 0. The van der Waals surface area contributed by atoms with Crippen molar-refractivity contribution in [1.29, 1.82) is 0 Å². The van der Waals surface area contributed by atoms with Crippen molar-refractivity contribution < 1.29 is 22.8 Å². The maximum Gasteiger partial charge on any atom is 0.416 e. The van der Waals surface area contributed by atoms with E-state index in [-0.39, 0.29) is 17.7 Å². The molecular formula is C22H21F3N4O2. The van der Waals surface area contributed by atoms with E-state index < -0.39 is 23.7 Å². The molecule has 3 aromatic rings. The van der Waals surface area contributed by atoms with Crippen LogP contribution in [0.4, 0.5) is 18.9 Å². The van der Waals surface area contributed by atoms with Gasteiger partial charge in [-0.15, -0.1) is 0 Å². The average molecular weight is 430 g/mol. The quantitative estimate of drug-likeness (QED) is 0.646. The van der Waals surface area contributed by atoms with E-state index in [2.05, 4.69) is 15.3 Å². The number of rotatable bonds is 5. The van der Waals surface area contributed by atoms with Crippen LogP contribution in [0.2, 0.25) is 0 Å². The van der Waals surface area contributed by atoms with Gasteiger partial charge in [0.2, 0.25) is 11.8 Å². The van der Waals surface area contributed by atoms with E-state index >= 15 is 0 Å². The standard InChI is InChI=1S/C22H21F3N4O2/c1-12(21(31)29(2)14-9-7-13(8-10-14)22(23,24)25)26-20(30)16-11-15(16)19-27-17-5-3-4-6-18(17)28-19/h3-10,12,15-16H,11H2,1-2H3,(H,26,30)(H,27,28)/t12?,15-,16-/m0/s1. The van der Waals surface area contributed by atoms with Crippen LogP contribution in [0.1, 0.15) is 30.7 Å². The molecule has 0 saturated heterocycles. The van der Waals surface area contributed by atoms with Crippen LogP contribution < -0.4 is 10.2 Å². The van der Waals surface area contributed by atoms with Crippen molar-refractivity contribution in [3.63, 3.8) is 0 Å². The number of amides is 2. The Morgan fingerprint density at radius 3 is 2.48 bits per heavy atom. The highest BCUT2D eigenvalue weighted by Crippen LogP contribution is 2.46. The molecule has 162 valence electrons. The summed E-state index contributed by atoms with van der Waals surface area (Å²) in [6.45, 7) is 1.55. The van der Waals surface area contributed by atoms with E-state index in [9.17, 15) is 22.8 Å². The number of H-pyrrole nitrogens is 1. The van der Waals surface area contributed by atoms with Crippen LogP contribution >= 0.6 is 0 Å². The normalized spacial score (nSPS) is 19.1. The number of hydrogen-bond donors (Lipinski definition) is 2. The molecular weight excluding hydrogens is 409 g/mol. The predicted molar refractivity (Wildman–Crippen MR) is 109 cm³/mol. The minimum Gasteiger partial charge on any atom is -0.344 e. The second kappa shape index (κ2) is 7.72. The van der Waals surface area contributed by atoms with Crippen molar-refractivity contribution >= 4 is 28.5 Å². The number of hydrogen-bond acceptors (Lipinski definition) is 3. The summed E-state index contributed by atoms with van der Waals surface area (Å²) in [6, 6.07) is 11.1. The summed E-state index contributed by atoms with van der Waals surface area (Å²) in [5, 5.41) is 2.71. The highest BCUT2D eigenvalue weighted by Gasteiger charge is 2.46. The fourth-order valence-corrected chi connectivity index (χ4v) is 3.61. The Morgan fingerprint density at radius 1 is 1.16 bits per heavy atom. The number of imidazole rings is 1. The molecule has 2 N–H and O–H groups in total. The van der Waals surface area contributed by atoms with Crippen LogP contribution in [0, 0.1) is 5.92 Å². The van der Waals surface area contributed by atoms with Gasteiger partial charge in [-0.05, 0) is 49.7 Å². The van der Waals surface area contributed by atoms with Crippen LogP contribution in [-0.4, -0.2) is 34.9 Å². The second-order valence-electron chi connectivity index (χ2n) is 7.76. The first-order valence-electron chi connectivity index (χ1n) is 9.85. The van der Waals surface area contributed by atoms with Crippen molar-refractivity contribution in [2.24, 2.45) is 5.92 Å². The number of anilines is 1. The molecule has 1 heterocycles. The number of para-hydroxylation sites is 2. The van der Waals surface area contributed by atoms with Gasteiger partial charge in [0.1, 0.15) is 11.9 Å². The molecule has 1 aromatic heterocycles. The number of nitrogens with zero attached hydrogens (tertiary/aromatic N) is 2. The molecule has 9 heteroatoms. The first-order chi connectivity index (χ1) is 14.6. The lowest BCUT2D eigenvalue weighted by Crippen LogP contribution is -2.46. The summed E-state index contributed by atoms with van der Waals surface area (Å²) in [4.78, 5) is 34.2. The van der Waals surface area contributed by atoms with Gasteiger partial charge in [0.15, 0.2) is 0 Å². The highest BCUT2D eigenvalue weighted by molar-refractivity contribution is 5.99. The largest absolute Gasteiger partial charge is 0.416 e. The van der Waals surface area contributed by atoms with Gasteiger partial charge >= 0.3 is 6.18 Å². The first kappa shape index (κ1) is 20.9. The monoisotopic (exact) mass is 430 g/mol. The number of carbonyl (C=O) groups is 2. The van der Waals surface area contributed by atoms with Crippen LogP contribution in [-0.2, 0) is 15.8 Å². The summed E-state index contributed by atoms with van der Waals surface area (Å²) in [5.74, 6) is -0.210. The molecule has 1 fully saturated rings. The van der Waals surface area contributed by atoms with Crippen molar-refractivity contribution in [3.8, 4) is 0 Å². The molecule has 2 amide bonds. The Hall–Kier alpha value is -3.36. The lowest BCUT2D eigenvalue weighted by atomic mass is 10.1. The van der Waals surface area contributed by atoms with E-state index in [4.69, 9.17) is 0 Å². The zero-order valence-electron chi connectivity index (χ0n) is 16.9. The van der Waals surface area contributed by atoms with E-state index in [0.717, 1.165) is 29.0 Å². The minimum atomic E-state index is -4.44. The number of fused-ring (bicyclic) bond motifs is 1. The number of aromatic nitrogens is 2. The highest BCUT2D eigenvalue weighted by atomic mass is 19.4. The summed E-state index contributed by atoms with van der Waals surface area (Å²) in [5.41, 5.74) is 1.27. The Morgan fingerprint density at radius 2 is 1.84 bits per heavy atom. The lowest BCUT2D eigenvalue weighted by Gasteiger charge is -2.22. The number of alkyl halides is 3. The number of likely N-dealkylation sites (N-methyl/N-ethyl adjacent to an activating group) is 1. The molecule has 3 atom stereocenters. The molecule has 4 rings (SSSR count). The number of nitrogens with one attached hydrogen (secondary N) is 2. The van der Waals surface area contributed by atoms with Crippen molar-refractivity contribution in [2.45, 2.75) is 31.5 Å². The predicted octanol–water partition coefficient (Wildman–Crippen LogP) is 3.85. The van der Waals surface area contributed by atoms with Crippen LogP contribution in [0.5, 0.6) is 0 Å². The summed E-state index contributed by atoms with van der Waals surface area (Å²) < 4.78 is 38.1. The van der Waals surface area contributed by atoms with Crippen LogP contribution in [0.25, 0.3) is 11.0 Å². The number of halogens is 3. The molecule has 1 aliphatic rings. The Balaban J connectivity index is 1.36. The van der Waals surface area contributed by atoms with Gasteiger partial charge in [-0.1, -0.05) is 12.1 Å². The molecule has 0 bridgehead atoms. The molecule has 0 spiro atoms. The molecule has 1 aliphatic carbocycles. The maximum atomic E-state index is 12.7. The first-order valence-corrected chi connectivity index (χ1v) is 9.85. The number of benzene rings is 2. The van der Waals surface area contributed by atoms with Gasteiger partial charge < -0.3 is 15.2 Å². The van der Waals surface area contributed by atoms with Crippen molar-refractivity contribution in [2.75, 3.05) is 11.9 Å². The van der Waals surface area contributed by atoms with Gasteiger partial charge in [0.05, 0.1) is 16.6 Å². The van der Waals surface area contributed by atoms with E-state index in [1.165, 1.54) is 24.1 Å². The molecule has 1 saturated carbocycles. The minimum absolute atomic E-state index is 0.0256. The molecule has 0 aliphatic heterocycles. The summed E-state index contributed by atoms with van der Waals surface area (Å²) in [7, 11) is 1.46. The topological polar surface area (TPSA) is 78.1 Å². The average Bonchev–Trinajstić information content (AvgIpc) is 3.43. The van der Waals surface area contributed by atoms with E-state index in [1.807, 2.05) is 24.3 Å². The molecule has 6 nitrogen and oxygen atoms in total. The van der Waals surface area contributed by atoms with Gasteiger partial charge in [-0.2, -0.15) is 13.2 Å². The zero-order chi connectivity index (χ0) is 22.3. The fourth-order valence-electron chi connectivity index (χ4n) is 3.61. The summed E-state index contributed by atoms with van der Waals surface area (Å²) in [6.07, 6.45) is -3.80. The number of aromatic amines is 1. The Labute approximate surface area is 176 Å². The third-order valence-corrected chi connectivity index (χ3v) is 5.53. The zero-order valence-corrected chi connectivity index (χ0v) is 16.9. The second-order valence-corrected chi connectivity index (χ2v) is 7.76. The smallest absolute Gasteiger partial charge is 0.344 e. The van der Waals surface area contributed by atoms with Gasteiger partial charge in [-0.25, -0.2) is 4.98 Å². The lowest BCUT2D eigenvalue weighted by molar-refractivity contribution is -0.137. The Kier molecular flexibility index (Phi) is 5.20. The van der Waals surface area contributed by atoms with Gasteiger partial charge in [0, 0.05) is 24.6 Å². The van der Waals surface area contributed by atoms with Gasteiger partial charge in [0.25, 0.3) is 0 Å². The molecule has 2 aromatic carbocycles. The maximum absolute atomic E-state index is 12.7. The van der Waals surface area contributed by atoms with Gasteiger partial charge in [-0.3, -0.25) is 9.59 Å². The fraction of sp³-hybridized carbons (Fsp3) is 0.318. The molecule has 0 radical (unpaired) electrons. The van der Waals surface area contributed by atoms with Crippen molar-refractivity contribution in [3.05, 3.63) is 59.9 Å². The third-order valence-electron chi connectivity index (χ3n) is 5.53. The van der Waals surface area contributed by atoms with E-state index in [0.29, 0.717) is 12.1 Å². The van der Waals surface area contributed by atoms with Crippen LogP contribution in [0.15, 0.2) is 48.5 Å². The van der Waals surface area contributed by atoms with Crippen molar-refractivity contribution in [1.82, 2.24) is 15.3 Å².